The topological polar surface area (TPSA) is 29.1 Å². The summed E-state index contributed by atoms with van der Waals surface area (Å²) < 4.78 is 0. The highest BCUT2D eigenvalue weighted by Gasteiger charge is 2.33. The summed E-state index contributed by atoms with van der Waals surface area (Å²) in [5.74, 6) is 0.403. The van der Waals surface area contributed by atoms with Gasteiger partial charge in [-0.25, -0.2) is 0 Å². The third kappa shape index (κ3) is 1.23. The van der Waals surface area contributed by atoms with Gasteiger partial charge in [0.05, 0.1) is 0 Å². The molecule has 1 rings (SSSR count). The lowest BCUT2D eigenvalue weighted by Crippen LogP contribution is -2.34. The lowest BCUT2D eigenvalue weighted by atomic mass is 9.98. The molecule has 1 heterocycles. The molecule has 0 aromatic rings. The van der Waals surface area contributed by atoms with Gasteiger partial charge in [0.1, 0.15) is 0 Å². The normalized spacial score (nSPS) is 32.3. The number of nitrogens with one attached hydrogen (secondary N) is 1. The lowest BCUT2D eigenvalue weighted by molar-refractivity contribution is -0.122. The Balaban J connectivity index is 2.65. The van der Waals surface area contributed by atoms with Crippen LogP contribution in [-0.4, -0.2) is 11.4 Å². The van der Waals surface area contributed by atoms with Gasteiger partial charge in [-0.15, -0.1) is 0 Å². The molecule has 0 bridgehead atoms. The van der Waals surface area contributed by atoms with Crippen LogP contribution in [0.2, 0.25) is 0 Å². The van der Waals surface area contributed by atoms with E-state index in [1.807, 2.05) is 6.92 Å². The molecule has 0 aromatic heterocycles. The molecule has 0 spiro atoms. The summed E-state index contributed by atoms with van der Waals surface area (Å²) in [5, 5.41) is 2.90. The van der Waals surface area contributed by atoms with Crippen LogP contribution in [0.4, 0.5) is 0 Å². The van der Waals surface area contributed by atoms with E-state index in [-0.39, 0.29) is 17.4 Å². The fraction of sp³-hybridized carbons (Fsp3) is 0.857. The van der Waals surface area contributed by atoms with Crippen molar-refractivity contribution >= 4 is 5.91 Å². The molecule has 1 aliphatic heterocycles. The van der Waals surface area contributed by atoms with E-state index in [4.69, 9.17) is 0 Å². The van der Waals surface area contributed by atoms with E-state index in [0.29, 0.717) is 0 Å². The van der Waals surface area contributed by atoms with E-state index in [1.165, 1.54) is 0 Å². The summed E-state index contributed by atoms with van der Waals surface area (Å²) in [6.07, 6.45) is 0.964. The molecular weight excluding hydrogens is 114 g/mol. The van der Waals surface area contributed by atoms with Crippen molar-refractivity contribution in [1.29, 1.82) is 0 Å². The fourth-order valence-electron chi connectivity index (χ4n) is 1.37. The van der Waals surface area contributed by atoms with Crippen molar-refractivity contribution < 1.29 is 4.79 Å². The maximum atomic E-state index is 10.9. The Morgan fingerprint density at radius 3 is 2.33 bits per heavy atom. The summed E-state index contributed by atoms with van der Waals surface area (Å²) in [6, 6.07) is 0. The summed E-state index contributed by atoms with van der Waals surface area (Å²) in [6.45, 7) is 6.06. The highest BCUT2D eigenvalue weighted by molar-refractivity contribution is 5.81. The minimum atomic E-state index is 0.0382. The zero-order chi connectivity index (χ0) is 7.07. The van der Waals surface area contributed by atoms with Gasteiger partial charge in [-0.2, -0.15) is 0 Å². The Morgan fingerprint density at radius 2 is 2.22 bits per heavy atom. The van der Waals surface area contributed by atoms with E-state index in [1.54, 1.807) is 0 Å². The molecule has 1 aliphatic rings. The minimum absolute atomic E-state index is 0.0382. The van der Waals surface area contributed by atoms with E-state index in [2.05, 4.69) is 19.2 Å². The Bertz CT molecular complexity index is 140. The Hall–Kier alpha value is -0.530. The average molecular weight is 127 g/mol. The molecule has 1 amide bonds. The molecule has 52 valence electrons. The fourth-order valence-corrected chi connectivity index (χ4v) is 1.37. The molecule has 2 heteroatoms. The second kappa shape index (κ2) is 1.72. The Labute approximate surface area is 55.6 Å². The zero-order valence-corrected chi connectivity index (χ0v) is 6.19. The first-order chi connectivity index (χ1) is 4.01. The second-order valence-corrected chi connectivity index (χ2v) is 3.48. The average Bonchev–Trinajstić information content (AvgIpc) is 1.79. The van der Waals surface area contributed by atoms with Crippen LogP contribution in [0.3, 0.4) is 0 Å². The molecule has 1 N–H and O–H groups in total. The standard InChI is InChI=1S/C7H13NO/c1-5-4-7(2,3)8-6(5)9/h5H,4H2,1-3H3,(H,8,9)/t5-/m0/s1. The van der Waals surface area contributed by atoms with Gasteiger partial charge in [-0.05, 0) is 20.3 Å². The van der Waals surface area contributed by atoms with Crippen molar-refractivity contribution in [2.75, 3.05) is 0 Å². The number of hydrogen-bond acceptors (Lipinski definition) is 1. The largest absolute Gasteiger partial charge is 0.351 e. The summed E-state index contributed by atoms with van der Waals surface area (Å²) >= 11 is 0. The van der Waals surface area contributed by atoms with Crippen molar-refractivity contribution in [2.45, 2.75) is 32.7 Å². The van der Waals surface area contributed by atoms with E-state index >= 15 is 0 Å². The van der Waals surface area contributed by atoms with Crippen molar-refractivity contribution in [1.82, 2.24) is 5.32 Å². The maximum Gasteiger partial charge on any atom is 0.223 e. The molecule has 0 aliphatic carbocycles. The molecule has 0 saturated carbocycles. The first-order valence-corrected chi connectivity index (χ1v) is 3.33. The van der Waals surface area contributed by atoms with Gasteiger partial charge < -0.3 is 5.32 Å². The number of carbonyl (C=O) groups excluding carboxylic acids is 1. The highest BCUT2D eigenvalue weighted by Crippen LogP contribution is 2.23. The Kier molecular flexibility index (Phi) is 1.26. The molecule has 0 unspecified atom stereocenters. The highest BCUT2D eigenvalue weighted by atomic mass is 16.2. The molecule has 2 nitrogen and oxygen atoms in total. The van der Waals surface area contributed by atoms with Crippen LogP contribution in [0.15, 0.2) is 0 Å². The van der Waals surface area contributed by atoms with Crippen molar-refractivity contribution in [2.24, 2.45) is 5.92 Å². The van der Waals surface area contributed by atoms with Crippen molar-refractivity contribution in [3.63, 3.8) is 0 Å². The second-order valence-electron chi connectivity index (χ2n) is 3.48. The predicted octanol–water partition coefficient (Wildman–Crippen LogP) is 0.921. The smallest absolute Gasteiger partial charge is 0.223 e. The molecule has 1 atom stereocenters. The zero-order valence-electron chi connectivity index (χ0n) is 6.19. The third-order valence-corrected chi connectivity index (χ3v) is 1.73. The molecule has 9 heavy (non-hydrogen) atoms. The van der Waals surface area contributed by atoms with Crippen molar-refractivity contribution in [3.05, 3.63) is 0 Å². The number of rotatable bonds is 0. The number of amides is 1. The first-order valence-electron chi connectivity index (χ1n) is 3.33. The van der Waals surface area contributed by atoms with Gasteiger partial charge in [0.2, 0.25) is 5.91 Å². The van der Waals surface area contributed by atoms with Gasteiger partial charge in [0, 0.05) is 11.5 Å². The molecular formula is C7H13NO. The van der Waals surface area contributed by atoms with E-state index in [9.17, 15) is 4.79 Å². The quantitative estimate of drug-likeness (QED) is 0.515. The van der Waals surface area contributed by atoms with Crippen LogP contribution < -0.4 is 5.32 Å². The van der Waals surface area contributed by atoms with E-state index < -0.39 is 0 Å². The van der Waals surface area contributed by atoms with Gasteiger partial charge >= 0.3 is 0 Å². The van der Waals surface area contributed by atoms with Gasteiger partial charge in [0.15, 0.2) is 0 Å². The van der Waals surface area contributed by atoms with Crippen LogP contribution in [0.25, 0.3) is 0 Å². The van der Waals surface area contributed by atoms with Crippen LogP contribution in [0, 0.1) is 5.92 Å². The van der Waals surface area contributed by atoms with Crippen LogP contribution in [0.1, 0.15) is 27.2 Å². The molecule has 0 radical (unpaired) electrons. The summed E-state index contributed by atoms with van der Waals surface area (Å²) in [7, 11) is 0. The van der Waals surface area contributed by atoms with Gasteiger partial charge in [-0.3, -0.25) is 4.79 Å². The van der Waals surface area contributed by atoms with E-state index in [0.717, 1.165) is 6.42 Å². The van der Waals surface area contributed by atoms with Gasteiger partial charge in [-0.1, -0.05) is 6.92 Å². The minimum Gasteiger partial charge on any atom is -0.351 e. The number of hydrogen-bond donors (Lipinski definition) is 1. The van der Waals surface area contributed by atoms with Crippen LogP contribution in [-0.2, 0) is 4.79 Å². The van der Waals surface area contributed by atoms with Crippen LogP contribution in [0.5, 0.6) is 0 Å². The molecule has 0 aromatic carbocycles. The first kappa shape index (κ1) is 6.59. The molecule has 1 saturated heterocycles. The van der Waals surface area contributed by atoms with Gasteiger partial charge in [0.25, 0.3) is 0 Å². The monoisotopic (exact) mass is 127 g/mol. The molecule has 1 fully saturated rings. The lowest BCUT2D eigenvalue weighted by Gasteiger charge is -2.15. The van der Waals surface area contributed by atoms with Crippen molar-refractivity contribution in [3.8, 4) is 0 Å². The maximum absolute atomic E-state index is 10.9. The third-order valence-electron chi connectivity index (χ3n) is 1.73. The van der Waals surface area contributed by atoms with Crippen LogP contribution >= 0.6 is 0 Å². The summed E-state index contributed by atoms with van der Waals surface area (Å²) in [5.41, 5.74) is 0.0382. The SMILES string of the molecule is C[C@H]1CC(C)(C)NC1=O. The number of carbonyl (C=O) groups is 1. The predicted molar refractivity (Wildman–Crippen MR) is 36.0 cm³/mol. The Morgan fingerprint density at radius 1 is 1.67 bits per heavy atom. The summed E-state index contributed by atoms with van der Waals surface area (Å²) in [4.78, 5) is 10.9.